The number of nitrogens with zero attached hydrogens (tertiary/aromatic N) is 2. The summed E-state index contributed by atoms with van der Waals surface area (Å²) in [6, 6.07) is 5.56. The second kappa shape index (κ2) is 7.66. The molecule has 0 N–H and O–H groups in total. The van der Waals surface area contributed by atoms with Crippen molar-refractivity contribution in [1.29, 1.82) is 0 Å². The minimum atomic E-state index is -0.0656. The zero-order valence-corrected chi connectivity index (χ0v) is 16.5. The van der Waals surface area contributed by atoms with Crippen LogP contribution in [0.15, 0.2) is 24.4 Å². The number of carbonyl (C=O) groups is 1. The molecule has 1 unspecified atom stereocenters. The van der Waals surface area contributed by atoms with Gasteiger partial charge in [-0.05, 0) is 55.0 Å². The van der Waals surface area contributed by atoms with Crippen molar-refractivity contribution in [2.24, 2.45) is 0 Å². The van der Waals surface area contributed by atoms with Crippen molar-refractivity contribution in [1.82, 2.24) is 9.88 Å². The zero-order valence-electron chi connectivity index (χ0n) is 15.0. The molecule has 1 aromatic carbocycles. The van der Waals surface area contributed by atoms with E-state index in [4.69, 9.17) is 32.7 Å². The molecule has 0 bridgehead atoms. The van der Waals surface area contributed by atoms with Gasteiger partial charge in [0.2, 0.25) is 0 Å². The summed E-state index contributed by atoms with van der Waals surface area (Å²) in [4.78, 5) is 18.8. The lowest BCUT2D eigenvalue weighted by Crippen LogP contribution is -2.43. The number of rotatable bonds is 4. The maximum atomic E-state index is 13.0. The van der Waals surface area contributed by atoms with Crippen LogP contribution in [0.4, 0.5) is 0 Å². The van der Waals surface area contributed by atoms with Gasteiger partial charge >= 0.3 is 0 Å². The first-order valence-electron chi connectivity index (χ1n) is 8.99. The highest BCUT2D eigenvalue weighted by molar-refractivity contribution is 6.33. The molecule has 1 saturated heterocycles. The first kappa shape index (κ1) is 18.5. The molecule has 7 heteroatoms. The van der Waals surface area contributed by atoms with Gasteiger partial charge in [-0.3, -0.25) is 4.79 Å². The highest BCUT2D eigenvalue weighted by Gasteiger charge is 2.31. The van der Waals surface area contributed by atoms with Gasteiger partial charge in [-0.25, -0.2) is 4.98 Å². The van der Waals surface area contributed by atoms with Gasteiger partial charge in [0.1, 0.15) is 5.15 Å². The Morgan fingerprint density at radius 1 is 1.33 bits per heavy atom. The van der Waals surface area contributed by atoms with Gasteiger partial charge in [-0.1, -0.05) is 29.3 Å². The van der Waals surface area contributed by atoms with E-state index in [1.54, 1.807) is 17.2 Å². The van der Waals surface area contributed by atoms with Crippen LogP contribution in [0.5, 0.6) is 5.75 Å². The quantitative estimate of drug-likeness (QED) is 0.711. The summed E-state index contributed by atoms with van der Waals surface area (Å²) >= 11 is 12.4. The van der Waals surface area contributed by atoms with Crippen LogP contribution in [0, 0.1) is 6.92 Å². The Morgan fingerprint density at radius 2 is 2.19 bits per heavy atom. The third-order valence-corrected chi connectivity index (χ3v) is 5.77. The first-order valence-corrected chi connectivity index (χ1v) is 9.74. The molecule has 1 fully saturated rings. The number of amides is 1. The van der Waals surface area contributed by atoms with Crippen LogP contribution >= 0.6 is 23.2 Å². The summed E-state index contributed by atoms with van der Waals surface area (Å²) in [5.74, 6) is 0.407. The Bertz CT molecular complexity index is 865. The van der Waals surface area contributed by atoms with E-state index in [0.717, 1.165) is 36.1 Å². The number of pyridine rings is 1. The average Bonchev–Trinajstić information content (AvgIpc) is 3.17. The zero-order chi connectivity index (χ0) is 19.0. The molecule has 1 aromatic heterocycles. The summed E-state index contributed by atoms with van der Waals surface area (Å²) in [5.41, 5.74) is 3.38. The standard InChI is InChI=1S/C20H20Cl2N2O3/c1-12-14(7-13-4-5-17(21)23-9-13)8-16-19(18(12)22)27-11-24(20(16)25)10-15-3-2-6-26-15/h4-5,8-9,15H,2-3,6-7,10-11H2,1H3. The molecule has 2 aliphatic heterocycles. The summed E-state index contributed by atoms with van der Waals surface area (Å²) in [6.07, 6.45) is 4.44. The van der Waals surface area contributed by atoms with Gasteiger partial charge in [0.15, 0.2) is 12.5 Å². The fourth-order valence-electron chi connectivity index (χ4n) is 3.53. The van der Waals surface area contributed by atoms with Crippen molar-refractivity contribution < 1.29 is 14.3 Å². The maximum absolute atomic E-state index is 13.0. The minimum absolute atomic E-state index is 0.0656. The number of fused-ring (bicyclic) bond motifs is 1. The van der Waals surface area contributed by atoms with Gasteiger partial charge in [0.05, 0.1) is 23.2 Å². The van der Waals surface area contributed by atoms with E-state index in [0.29, 0.717) is 34.5 Å². The Labute approximate surface area is 168 Å². The summed E-state index contributed by atoms with van der Waals surface area (Å²) < 4.78 is 11.5. The van der Waals surface area contributed by atoms with Crippen molar-refractivity contribution in [2.45, 2.75) is 32.3 Å². The molecular formula is C20H20Cl2N2O3. The SMILES string of the molecule is Cc1c(Cc2ccc(Cl)nc2)cc2c(c1Cl)OCN(CC1CCCO1)C2=O. The monoisotopic (exact) mass is 406 g/mol. The van der Waals surface area contributed by atoms with Gasteiger partial charge in [0.25, 0.3) is 5.91 Å². The number of aromatic nitrogens is 1. The number of hydrogen-bond donors (Lipinski definition) is 0. The van der Waals surface area contributed by atoms with Crippen molar-refractivity contribution in [3.63, 3.8) is 0 Å². The second-order valence-electron chi connectivity index (χ2n) is 6.95. The molecule has 2 aliphatic rings. The fraction of sp³-hybridized carbons (Fsp3) is 0.400. The molecular weight excluding hydrogens is 387 g/mol. The normalized spacial score (nSPS) is 19.1. The molecule has 3 heterocycles. The summed E-state index contributed by atoms with van der Waals surface area (Å²) in [5, 5.41) is 0.946. The second-order valence-corrected chi connectivity index (χ2v) is 7.72. The summed E-state index contributed by atoms with van der Waals surface area (Å²) in [6.45, 7) is 3.44. The number of benzene rings is 1. The number of halogens is 2. The molecule has 0 saturated carbocycles. The van der Waals surface area contributed by atoms with Crippen LogP contribution in [0.2, 0.25) is 10.2 Å². The smallest absolute Gasteiger partial charge is 0.260 e. The molecule has 1 atom stereocenters. The highest BCUT2D eigenvalue weighted by Crippen LogP contribution is 2.38. The lowest BCUT2D eigenvalue weighted by atomic mass is 9.97. The Kier molecular flexibility index (Phi) is 5.26. The van der Waals surface area contributed by atoms with Crippen molar-refractivity contribution in [3.8, 4) is 5.75 Å². The van der Waals surface area contributed by atoms with E-state index in [1.165, 1.54) is 0 Å². The third-order valence-electron chi connectivity index (χ3n) is 5.09. The predicted octanol–water partition coefficient (Wildman–Crippen LogP) is 4.26. The van der Waals surface area contributed by atoms with Crippen molar-refractivity contribution in [3.05, 3.63) is 56.8 Å². The molecule has 0 radical (unpaired) electrons. The fourth-order valence-corrected chi connectivity index (χ4v) is 3.92. The van der Waals surface area contributed by atoms with Crippen LogP contribution in [0.3, 0.4) is 0 Å². The lowest BCUT2D eigenvalue weighted by molar-refractivity contribution is 0.0261. The van der Waals surface area contributed by atoms with E-state index in [1.807, 2.05) is 19.1 Å². The molecule has 27 heavy (non-hydrogen) atoms. The number of carbonyl (C=O) groups excluding carboxylic acids is 1. The number of ether oxygens (including phenoxy) is 2. The van der Waals surface area contributed by atoms with Gasteiger partial charge < -0.3 is 14.4 Å². The van der Waals surface area contributed by atoms with E-state index >= 15 is 0 Å². The van der Waals surface area contributed by atoms with Gasteiger partial charge in [-0.15, -0.1) is 0 Å². The van der Waals surface area contributed by atoms with Crippen molar-refractivity contribution in [2.75, 3.05) is 19.9 Å². The topological polar surface area (TPSA) is 51.7 Å². The van der Waals surface area contributed by atoms with Crippen LogP contribution < -0.4 is 4.74 Å². The van der Waals surface area contributed by atoms with E-state index < -0.39 is 0 Å². The van der Waals surface area contributed by atoms with E-state index in [9.17, 15) is 4.79 Å². The highest BCUT2D eigenvalue weighted by atomic mass is 35.5. The Balaban J connectivity index is 1.62. The number of hydrogen-bond acceptors (Lipinski definition) is 4. The van der Waals surface area contributed by atoms with Gasteiger partial charge in [-0.2, -0.15) is 0 Å². The predicted molar refractivity (Wildman–Crippen MR) is 104 cm³/mol. The Hall–Kier alpha value is -1.82. The first-order chi connectivity index (χ1) is 13.0. The van der Waals surface area contributed by atoms with E-state index in [-0.39, 0.29) is 18.7 Å². The molecule has 2 aromatic rings. The van der Waals surface area contributed by atoms with Crippen LogP contribution in [0.25, 0.3) is 0 Å². The van der Waals surface area contributed by atoms with Crippen LogP contribution in [0.1, 0.15) is 39.9 Å². The molecule has 1 amide bonds. The molecule has 142 valence electrons. The summed E-state index contributed by atoms with van der Waals surface area (Å²) in [7, 11) is 0. The third kappa shape index (κ3) is 3.77. The largest absolute Gasteiger partial charge is 0.471 e. The molecule has 0 aliphatic carbocycles. The van der Waals surface area contributed by atoms with Crippen molar-refractivity contribution >= 4 is 29.1 Å². The van der Waals surface area contributed by atoms with Crippen LogP contribution in [-0.2, 0) is 11.2 Å². The maximum Gasteiger partial charge on any atom is 0.260 e. The van der Waals surface area contributed by atoms with Gasteiger partial charge in [0, 0.05) is 12.8 Å². The lowest BCUT2D eigenvalue weighted by Gasteiger charge is -2.31. The van der Waals surface area contributed by atoms with E-state index in [2.05, 4.69) is 4.98 Å². The molecule has 4 rings (SSSR count). The Morgan fingerprint density at radius 3 is 2.89 bits per heavy atom. The van der Waals surface area contributed by atoms with Crippen LogP contribution in [-0.4, -0.2) is 41.8 Å². The molecule has 5 nitrogen and oxygen atoms in total. The average molecular weight is 407 g/mol. The molecule has 0 spiro atoms. The minimum Gasteiger partial charge on any atom is -0.471 e.